The van der Waals surface area contributed by atoms with Gasteiger partial charge in [-0.3, -0.25) is 4.99 Å². The highest BCUT2D eigenvalue weighted by Gasteiger charge is 2.32. The maximum Gasteiger partial charge on any atom is 0.573 e. The van der Waals surface area contributed by atoms with E-state index in [0.717, 1.165) is 6.07 Å². The molecule has 2 aromatic rings. The van der Waals surface area contributed by atoms with Crippen LogP contribution in [-0.2, 0) is 0 Å². The van der Waals surface area contributed by atoms with E-state index >= 15 is 0 Å². The van der Waals surface area contributed by atoms with Gasteiger partial charge in [-0.25, -0.2) is 0 Å². The predicted molar refractivity (Wildman–Crippen MR) is 103 cm³/mol. The number of para-hydroxylation sites is 2. The summed E-state index contributed by atoms with van der Waals surface area (Å²) in [6.45, 7) is -0.0715. The number of ether oxygens (including phenoxy) is 1. The lowest BCUT2D eigenvalue weighted by Gasteiger charge is -2.14. The molecule has 0 aliphatic rings. The fourth-order valence-corrected chi connectivity index (χ4v) is 2.78. The molecule has 0 radical (unpaired) electrons. The summed E-state index contributed by atoms with van der Waals surface area (Å²) in [5.41, 5.74) is 5.64. The van der Waals surface area contributed by atoms with E-state index in [-0.39, 0.29) is 42.2 Å². The zero-order valence-electron chi connectivity index (χ0n) is 12.5. The van der Waals surface area contributed by atoms with Gasteiger partial charge < -0.3 is 20.9 Å². The molecule has 0 saturated heterocycles. The molecule has 1 aromatic carbocycles. The molecule has 1 heterocycles. The van der Waals surface area contributed by atoms with Gasteiger partial charge in [-0.1, -0.05) is 23.7 Å². The van der Waals surface area contributed by atoms with Crippen molar-refractivity contribution in [3.05, 3.63) is 45.6 Å². The van der Waals surface area contributed by atoms with Crippen LogP contribution in [0, 0.1) is 0 Å². The Morgan fingerprint density at radius 3 is 2.60 bits per heavy atom. The van der Waals surface area contributed by atoms with Crippen molar-refractivity contribution in [1.29, 1.82) is 0 Å². The van der Waals surface area contributed by atoms with E-state index in [1.165, 1.54) is 29.5 Å². The summed E-state index contributed by atoms with van der Waals surface area (Å²) in [4.78, 5) is 4.51. The average Bonchev–Trinajstić information content (AvgIpc) is 2.92. The average molecular weight is 508 g/mol. The standard InChI is InChI=1S/C14H13ClF3N3O2S.HI/c15-12-6-5-11(24-12)9(22)7-20-13(19)21-8-3-1-2-4-10(8)23-14(16,17)18;/h1-6,9,22H,7H2,(H3,19,20,21);1H. The summed E-state index contributed by atoms with van der Waals surface area (Å²) in [5, 5.41) is 12.5. The third-order valence-corrected chi connectivity index (χ3v) is 4.06. The normalized spacial score (nSPS) is 13.1. The number of halogens is 5. The number of benzene rings is 1. The highest BCUT2D eigenvalue weighted by molar-refractivity contribution is 14.0. The Hall–Kier alpha value is -1.24. The topological polar surface area (TPSA) is 79.9 Å². The van der Waals surface area contributed by atoms with Gasteiger partial charge in [0.1, 0.15) is 6.10 Å². The van der Waals surface area contributed by atoms with Gasteiger partial charge in [0.05, 0.1) is 16.6 Å². The van der Waals surface area contributed by atoms with Gasteiger partial charge in [0.2, 0.25) is 0 Å². The highest BCUT2D eigenvalue weighted by atomic mass is 127. The largest absolute Gasteiger partial charge is 0.573 e. The number of hydrogen-bond donors (Lipinski definition) is 3. The molecule has 0 aliphatic heterocycles. The first-order valence-corrected chi connectivity index (χ1v) is 7.79. The van der Waals surface area contributed by atoms with Gasteiger partial charge in [0.15, 0.2) is 11.7 Å². The molecule has 0 fully saturated rings. The van der Waals surface area contributed by atoms with Crippen molar-refractivity contribution in [3.63, 3.8) is 0 Å². The molecule has 2 rings (SSSR count). The van der Waals surface area contributed by atoms with Gasteiger partial charge in [-0.15, -0.1) is 48.5 Å². The molecule has 1 atom stereocenters. The van der Waals surface area contributed by atoms with E-state index in [9.17, 15) is 18.3 Å². The van der Waals surface area contributed by atoms with Crippen LogP contribution >= 0.6 is 46.9 Å². The second-order valence-corrected chi connectivity index (χ2v) is 6.30. The number of guanidine groups is 1. The molecule has 138 valence electrons. The number of rotatable bonds is 5. The summed E-state index contributed by atoms with van der Waals surface area (Å²) >= 11 is 6.97. The minimum absolute atomic E-state index is 0. The van der Waals surface area contributed by atoms with Crippen LogP contribution in [0.5, 0.6) is 5.75 Å². The Bertz CT molecular complexity index is 727. The number of thiophene rings is 1. The molecule has 4 N–H and O–H groups in total. The van der Waals surface area contributed by atoms with Crippen molar-refractivity contribution in [2.75, 3.05) is 11.9 Å². The van der Waals surface area contributed by atoms with E-state index in [4.69, 9.17) is 17.3 Å². The Morgan fingerprint density at radius 2 is 2.00 bits per heavy atom. The molecule has 0 spiro atoms. The second kappa shape index (κ2) is 9.46. The first kappa shape index (κ1) is 21.8. The quantitative estimate of drug-likeness (QED) is 0.319. The lowest BCUT2D eigenvalue weighted by atomic mass is 10.3. The Kier molecular flexibility index (Phi) is 8.25. The number of hydrogen-bond acceptors (Lipinski definition) is 4. The number of nitrogens with two attached hydrogens (primary N) is 1. The molecule has 11 heteroatoms. The summed E-state index contributed by atoms with van der Waals surface area (Å²) < 4.78 is 41.5. The number of aliphatic hydroxyl groups excluding tert-OH is 1. The van der Waals surface area contributed by atoms with Crippen LogP contribution in [-0.4, -0.2) is 24.0 Å². The smallest absolute Gasteiger partial charge is 0.404 e. The van der Waals surface area contributed by atoms with Crippen LogP contribution in [0.2, 0.25) is 4.34 Å². The molecule has 5 nitrogen and oxygen atoms in total. The molecule has 25 heavy (non-hydrogen) atoms. The fourth-order valence-electron chi connectivity index (χ4n) is 1.74. The first-order chi connectivity index (χ1) is 11.2. The van der Waals surface area contributed by atoms with Crippen molar-refractivity contribution in [2.45, 2.75) is 12.5 Å². The third kappa shape index (κ3) is 7.26. The van der Waals surface area contributed by atoms with Crippen LogP contribution in [0.1, 0.15) is 11.0 Å². The van der Waals surface area contributed by atoms with Crippen molar-refractivity contribution in [2.24, 2.45) is 10.7 Å². The molecule has 1 aromatic heterocycles. The van der Waals surface area contributed by atoms with E-state index < -0.39 is 18.2 Å². The highest BCUT2D eigenvalue weighted by Crippen LogP contribution is 2.30. The first-order valence-electron chi connectivity index (χ1n) is 6.59. The molecule has 0 aliphatic carbocycles. The number of nitrogens with zero attached hydrogens (tertiary/aromatic N) is 1. The number of aliphatic imine (C=N–C) groups is 1. The Morgan fingerprint density at radius 1 is 1.32 bits per heavy atom. The van der Waals surface area contributed by atoms with Gasteiger partial charge in [-0.2, -0.15) is 0 Å². The Balaban J connectivity index is 0.00000312. The van der Waals surface area contributed by atoms with Crippen LogP contribution in [0.15, 0.2) is 41.4 Å². The molecule has 0 saturated carbocycles. The number of alkyl halides is 3. The zero-order chi connectivity index (χ0) is 17.7. The van der Waals surface area contributed by atoms with Crippen LogP contribution < -0.4 is 15.8 Å². The summed E-state index contributed by atoms with van der Waals surface area (Å²) in [6, 6.07) is 8.71. The van der Waals surface area contributed by atoms with Crippen LogP contribution in [0.4, 0.5) is 18.9 Å². The van der Waals surface area contributed by atoms with Crippen molar-refractivity contribution < 1.29 is 23.0 Å². The van der Waals surface area contributed by atoms with Crippen LogP contribution in [0.25, 0.3) is 0 Å². The number of nitrogens with one attached hydrogen (secondary N) is 1. The lowest BCUT2D eigenvalue weighted by molar-refractivity contribution is -0.274. The third-order valence-electron chi connectivity index (χ3n) is 2.73. The van der Waals surface area contributed by atoms with E-state index in [1.807, 2.05) is 0 Å². The van der Waals surface area contributed by atoms with Crippen molar-refractivity contribution >= 4 is 58.6 Å². The van der Waals surface area contributed by atoms with E-state index in [0.29, 0.717) is 9.21 Å². The fraction of sp³-hybridized carbons (Fsp3) is 0.214. The van der Waals surface area contributed by atoms with E-state index in [1.54, 1.807) is 12.1 Å². The predicted octanol–water partition coefficient (Wildman–Crippen LogP) is 4.38. The molecule has 0 bridgehead atoms. The number of aliphatic hydroxyl groups is 1. The minimum atomic E-state index is -4.82. The van der Waals surface area contributed by atoms with Gasteiger partial charge in [-0.05, 0) is 24.3 Å². The minimum Gasteiger partial charge on any atom is -0.404 e. The monoisotopic (exact) mass is 507 g/mol. The maximum atomic E-state index is 12.3. The maximum absolute atomic E-state index is 12.3. The van der Waals surface area contributed by atoms with Gasteiger partial charge in [0, 0.05) is 4.88 Å². The molecule has 0 amide bonds. The van der Waals surface area contributed by atoms with Gasteiger partial charge in [0.25, 0.3) is 0 Å². The van der Waals surface area contributed by atoms with Crippen LogP contribution in [0.3, 0.4) is 0 Å². The summed E-state index contributed by atoms with van der Waals surface area (Å²) in [6.07, 6.45) is -5.73. The number of anilines is 1. The van der Waals surface area contributed by atoms with E-state index in [2.05, 4.69) is 15.0 Å². The molecular weight excluding hydrogens is 494 g/mol. The zero-order valence-corrected chi connectivity index (χ0v) is 16.4. The summed E-state index contributed by atoms with van der Waals surface area (Å²) in [7, 11) is 0. The second-order valence-electron chi connectivity index (χ2n) is 4.55. The van der Waals surface area contributed by atoms with Gasteiger partial charge >= 0.3 is 6.36 Å². The molecular formula is C14H14ClF3IN3O2S. The SMILES string of the molecule is I.NC(=NCC(O)c1ccc(Cl)s1)Nc1ccccc1OC(F)(F)F. The Labute approximate surface area is 167 Å². The van der Waals surface area contributed by atoms with Crippen molar-refractivity contribution in [3.8, 4) is 5.75 Å². The summed E-state index contributed by atoms with van der Waals surface area (Å²) in [5.74, 6) is -0.594. The lowest BCUT2D eigenvalue weighted by Crippen LogP contribution is -2.25. The molecule has 1 unspecified atom stereocenters. The van der Waals surface area contributed by atoms with Crippen molar-refractivity contribution in [1.82, 2.24) is 0 Å².